The Labute approximate surface area is 35.4 Å². The molecule has 1 heterocycles. The van der Waals surface area contributed by atoms with Crippen LogP contribution in [0.2, 0.25) is 0 Å². The van der Waals surface area contributed by atoms with Crippen LogP contribution < -0.4 is 0 Å². The van der Waals surface area contributed by atoms with Gasteiger partial charge in [-0.2, -0.15) is 0 Å². The fourth-order valence-corrected chi connectivity index (χ4v) is 0.280. The van der Waals surface area contributed by atoms with Gasteiger partial charge in [0, 0.05) is 0 Å². The van der Waals surface area contributed by atoms with E-state index < -0.39 is 0 Å². The number of carbonyl (C=O) groups is 1. The third-order valence-corrected chi connectivity index (χ3v) is 0.563. The first kappa shape index (κ1) is 3.32. The molecule has 0 aliphatic carbocycles. The van der Waals surface area contributed by atoms with Gasteiger partial charge in [-0.05, 0) is 0 Å². The lowest BCUT2D eigenvalue weighted by atomic mass is 10.3. The number of rotatable bonds is 0. The SMILES string of the molecule is [CH+]=C1CC(=O)O1. The van der Waals surface area contributed by atoms with Gasteiger partial charge in [0.05, 0.1) is 0 Å². The molecule has 1 aliphatic rings. The Morgan fingerprint density at radius 3 is 2.33 bits per heavy atom. The van der Waals surface area contributed by atoms with Crippen LogP contribution in [0.15, 0.2) is 5.76 Å². The molecule has 1 aliphatic heterocycles. The van der Waals surface area contributed by atoms with E-state index in [0.29, 0.717) is 12.2 Å². The monoisotopic (exact) mass is 83.0 g/mol. The Kier molecular flexibility index (Phi) is 0.437. The number of esters is 1. The number of hydrogen-bond donors (Lipinski definition) is 0. The van der Waals surface area contributed by atoms with Gasteiger partial charge in [-0.15, -0.1) is 0 Å². The van der Waals surface area contributed by atoms with E-state index in [1.807, 2.05) is 0 Å². The third kappa shape index (κ3) is 0.277. The van der Waals surface area contributed by atoms with Crippen molar-refractivity contribution in [3.63, 3.8) is 0 Å². The van der Waals surface area contributed by atoms with Crippen molar-refractivity contribution in [2.45, 2.75) is 6.42 Å². The maximum atomic E-state index is 9.79. The van der Waals surface area contributed by atoms with Gasteiger partial charge in [0.2, 0.25) is 0 Å². The highest BCUT2D eigenvalue weighted by atomic mass is 16.6. The molecule has 0 aromatic rings. The number of hydrogen-bond acceptors (Lipinski definition) is 2. The van der Waals surface area contributed by atoms with Gasteiger partial charge in [-0.1, -0.05) is 0 Å². The molecule has 0 unspecified atom stereocenters. The van der Waals surface area contributed by atoms with Crippen molar-refractivity contribution in [3.8, 4) is 0 Å². The van der Waals surface area contributed by atoms with Gasteiger partial charge >= 0.3 is 11.7 Å². The topological polar surface area (TPSA) is 26.3 Å². The smallest absolute Gasteiger partial charge is 0.356 e. The van der Waals surface area contributed by atoms with Gasteiger partial charge in [0.25, 0.3) is 6.58 Å². The van der Waals surface area contributed by atoms with Gasteiger partial charge in [-0.3, -0.25) is 4.79 Å². The second kappa shape index (κ2) is 0.791. The summed E-state index contributed by atoms with van der Waals surface area (Å²) in [4.78, 5) is 9.79. The molecule has 0 spiro atoms. The Bertz CT molecular complexity index is 82.1. The lowest BCUT2D eigenvalue weighted by Gasteiger charge is -2.03. The van der Waals surface area contributed by atoms with Crippen molar-refractivity contribution in [2.75, 3.05) is 0 Å². The zero-order valence-electron chi connectivity index (χ0n) is 3.10. The molecule has 0 aromatic heterocycles. The van der Waals surface area contributed by atoms with Crippen molar-refractivity contribution in [3.05, 3.63) is 12.3 Å². The minimum Gasteiger partial charge on any atom is -0.383 e. The fraction of sp³-hybridized carbons (Fsp3) is 0.250. The molecule has 0 bridgehead atoms. The predicted octanol–water partition coefficient (Wildman–Crippen LogP) is 0.250. The van der Waals surface area contributed by atoms with E-state index in [4.69, 9.17) is 6.58 Å². The summed E-state index contributed by atoms with van der Waals surface area (Å²) in [5.41, 5.74) is 0. The van der Waals surface area contributed by atoms with Crippen molar-refractivity contribution in [1.29, 1.82) is 0 Å². The fourth-order valence-electron chi connectivity index (χ4n) is 0.280. The third-order valence-electron chi connectivity index (χ3n) is 0.563. The zero-order valence-corrected chi connectivity index (χ0v) is 3.10. The summed E-state index contributed by atoms with van der Waals surface area (Å²) in [6.07, 6.45) is 0.306. The molecule has 1 fully saturated rings. The normalized spacial score (nSPS) is 19.2. The Morgan fingerprint density at radius 2 is 2.33 bits per heavy atom. The van der Waals surface area contributed by atoms with Crippen LogP contribution in [0.25, 0.3) is 0 Å². The molecule has 0 N–H and O–H groups in total. The van der Waals surface area contributed by atoms with Crippen LogP contribution in [-0.4, -0.2) is 5.97 Å². The summed E-state index contributed by atoms with van der Waals surface area (Å²) in [7, 11) is 0. The minimum atomic E-state index is -0.229. The Morgan fingerprint density at radius 1 is 1.83 bits per heavy atom. The maximum Gasteiger partial charge on any atom is 0.356 e. The highest BCUT2D eigenvalue weighted by Crippen LogP contribution is 2.12. The summed E-state index contributed by atoms with van der Waals surface area (Å²) >= 11 is 0. The van der Waals surface area contributed by atoms with Crippen molar-refractivity contribution < 1.29 is 9.53 Å². The van der Waals surface area contributed by atoms with Crippen molar-refractivity contribution >= 4 is 5.97 Å². The van der Waals surface area contributed by atoms with E-state index in [0.717, 1.165) is 0 Å². The van der Waals surface area contributed by atoms with E-state index in [9.17, 15) is 4.79 Å². The first-order valence-corrected chi connectivity index (χ1v) is 1.61. The minimum absolute atomic E-state index is 0.229. The van der Waals surface area contributed by atoms with E-state index in [1.165, 1.54) is 0 Å². The average Bonchev–Trinajstić information content (AvgIpc) is 1.33. The highest BCUT2D eigenvalue weighted by Gasteiger charge is 2.27. The highest BCUT2D eigenvalue weighted by molar-refractivity contribution is 5.78. The first-order valence-electron chi connectivity index (χ1n) is 1.61. The number of carbonyl (C=O) groups excluding carboxylic acids is 1. The second-order valence-corrected chi connectivity index (χ2v) is 1.12. The van der Waals surface area contributed by atoms with Crippen LogP contribution >= 0.6 is 0 Å². The quantitative estimate of drug-likeness (QED) is 0.310. The van der Waals surface area contributed by atoms with Crippen LogP contribution in [0.3, 0.4) is 0 Å². The van der Waals surface area contributed by atoms with Crippen LogP contribution in [-0.2, 0) is 9.53 Å². The summed E-state index contributed by atoms with van der Waals surface area (Å²) in [5.74, 6) is 0.104. The first-order chi connectivity index (χ1) is 2.79. The predicted molar refractivity (Wildman–Crippen MR) is 18.5 cm³/mol. The second-order valence-electron chi connectivity index (χ2n) is 1.12. The van der Waals surface area contributed by atoms with E-state index in [2.05, 4.69) is 4.74 Å². The van der Waals surface area contributed by atoms with E-state index >= 15 is 0 Å². The lowest BCUT2D eigenvalue weighted by Crippen LogP contribution is -2.15. The molecule has 6 heavy (non-hydrogen) atoms. The van der Waals surface area contributed by atoms with Crippen molar-refractivity contribution in [2.24, 2.45) is 0 Å². The maximum absolute atomic E-state index is 9.79. The van der Waals surface area contributed by atoms with Gasteiger partial charge in [0.15, 0.2) is 6.42 Å². The lowest BCUT2D eigenvalue weighted by molar-refractivity contribution is -0.148. The average molecular weight is 83.1 g/mol. The van der Waals surface area contributed by atoms with Crippen LogP contribution in [0.1, 0.15) is 6.42 Å². The molecule has 2 nitrogen and oxygen atoms in total. The van der Waals surface area contributed by atoms with Gasteiger partial charge < -0.3 is 4.74 Å². The largest absolute Gasteiger partial charge is 0.383 e. The Hall–Kier alpha value is -0.880. The molecule has 0 amide bonds. The standard InChI is InChI=1S/C4H3O2/c1-3-2-4(5)6-3/h1H,2H2/q+1. The van der Waals surface area contributed by atoms with Gasteiger partial charge in [-0.25, -0.2) is 0 Å². The summed E-state index contributed by atoms with van der Waals surface area (Å²) < 4.78 is 4.19. The molecule has 0 radical (unpaired) electrons. The molecule has 2 heteroatoms. The van der Waals surface area contributed by atoms with Gasteiger partial charge in [0.1, 0.15) is 0 Å². The summed E-state index contributed by atoms with van der Waals surface area (Å²) in [6.45, 7) is 4.94. The number of cyclic esters (lactones) is 1. The zero-order chi connectivity index (χ0) is 4.57. The van der Waals surface area contributed by atoms with Crippen LogP contribution in [0, 0.1) is 6.58 Å². The molecule has 1 saturated heterocycles. The molecule has 1 rings (SSSR count). The molecular formula is C4H3O2+. The molecule has 30 valence electrons. The van der Waals surface area contributed by atoms with Crippen LogP contribution in [0.4, 0.5) is 0 Å². The van der Waals surface area contributed by atoms with Crippen LogP contribution in [0.5, 0.6) is 0 Å². The van der Waals surface area contributed by atoms with E-state index in [1.54, 1.807) is 0 Å². The van der Waals surface area contributed by atoms with E-state index in [-0.39, 0.29) is 5.97 Å². The number of ether oxygens (including phenoxy) is 1. The summed E-state index contributed by atoms with van der Waals surface area (Å²) in [6, 6.07) is 0. The molecule has 0 atom stereocenters. The molecule has 0 aromatic carbocycles. The van der Waals surface area contributed by atoms with Crippen molar-refractivity contribution in [1.82, 2.24) is 0 Å². The Balaban J connectivity index is 2.47. The molecule has 0 saturated carbocycles. The molecular weight excluding hydrogens is 80.0 g/mol. The summed E-state index contributed by atoms with van der Waals surface area (Å²) in [5, 5.41) is 0.